The van der Waals surface area contributed by atoms with Crippen molar-refractivity contribution >= 4 is 11.5 Å². The molecule has 5 nitrogen and oxygen atoms in total. The Hall–Kier alpha value is -3.95. The summed E-state index contributed by atoms with van der Waals surface area (Å²) < 4.78 is 11.9. The van der Waals surface area contributed by atoms with Crippen LogP contribution in [0, 0.1) is 12.1 Å². The molecule has 0 N–H and O–H groups in total. The maximum atomic E-state index is 6.09. The fourth-order valence-electron chi connectivity index (χ4n) is 4.09. The predicted molar refractivity (Wildman–Crippen MR) is 135 cm³/mol. The van der Waals surface area contributed by atoms with E-state index in [1.807, 2.05) is 54.6 Å². The number of benzene rings is 3. The molecule has 3 heterocycles. The first-order chi connectivity index (χ1) is 17.3. The Labute approximate surface area is 224 Å². The Morgan fingerprint density at radius 1 is 0.639 bits per heavy atom. The molecule has 0 unspecified atom stereocenters. The summed E-state index contributed by atoms with van der Waals surface area (Å²) in [5.41, 5.74) is 5.22. The molecule has 6 heteroatoms. The minimum atomic E-state index is 0. The second kappa shape index (κ2) is 10.8. The van der Waals surface area contributed by atoms with Gasteiger partial charge in [-0.3, -0.25) is 0 Å². The zero-order chi connectivity index (χ0) is 23.5. The molecule has 0 fully saturated rings. The van der Waals surface area contributed by atoms with Crippen molar-refractivity contribution in [2.24, 2.45) is 0 Å². The first kappa shape index (κ1) is 23.8. The molecular weight excluding hydrogens is 629 g/mol. The van der Waals surface area contributed by atoms with Crippen LogP contribution in [-0.4, -0.2) is 9.97 Å². The van der Waals surface area contributed by atoms with Crippen molar-refractivity contribution in [3.05, 3.63) is 126 Å². The zero-order valence-corrected chi connectivity index (χ0v) is 21.4. The SMILES string of the molecule is [Pt].[c-]1c(Oc2[c-]c(-c3cccc4c3[N-]c3ncccc3CC4)ccc2)cccc1Oc1ccccn1. The van der Waals surface area contributed by atoms with Crippen molar-refractivity contribution in [1.82, 2.24) is 9.97 Å². The first-order valence-electron chi connectivity index (χ1n) is 11.4. The molecule has 180 valence electrons. The van der Waals surface area contributed by atoms with Crippen molar-refractivity contribution in [3.8, 4) is 34.3 Å². The minimum Gasteiger partial charge on any atom is -0.503 e. The largest absolute Gasteiger partial charge is 0.503 e. The fraction of sp³-hybridized carbons (Fsp3) is 0.0667. The van der Waals surface area contributed by atoms with E-state index >= 15 is 0 Å². The van der Waals surface area contributed by atoms with E-state index < -0.39 is 0 Å². The van der Waals surface area contributed by atoms with Gasteiger partial charge in [-0.15, -0.1) is 35.9 Å². The van der Waals surface area contributed by atoms with Crippen LogP contribution in [0.4, 0.5) is 11.5 Å². The number of hydrogen-bond acceptors (Lipinski definition) is 4. The van der Waals surface area contributed by atoms with Gasteiger partial charge in [0.05, 0.1) is 0 Å². The second-order valence-electron chi connectivity index (χ2n) is 8.09. The quantitative estimate of drug-likeness (QED) is 0.183. The monoisotopic (exact) mass is 649 g/mol. The van der Waals surface area contributed by atoms with Crippen LogP contribution in [-0.2, 0) is 33.9 Å². The fourth-order valence-corrected chi connectivity index (χ4v) is 4.09. The minimum absolute atomic E-state index is 0. The molecule has 0 saturated heterocycles. The van der Waals surface area contributed by atoms with E-state index in [-0.39, 0.29) is 21.1 Å². The van der Waals surface area contributed by atoms with Crippen molar-refractivity contribution in [3.63, 3.8) is 0 Å². The third-order valence-electron chi connectivity index (χ3n) is 5.74. The van der Waals surface area contributed by atoms with E-state index in [9.17, 15) is 0 Å². The van der Waals surface area contributed by atoms with Gasteiger partial charge in [-0.2, -0.15) is 6.07 Å². The number of ether oxygens (including phenoxy) is 2. The molecule has 36 heavy (non-hydrogen) atoms. The summed E-state index contributed by atoms with van der Waals surface area (Å²) in [5.74, 6) is 2.92. The van der Waals surface area contributed by atoms with Crippen LogP contribution in [0.3, 0.4) is 0 Å². The molecule has 2 aromatic heterocycles. The van der Waals surface area contributed by atoms with E-state index in [0.717, 1.165) is 35.5 Å². The van der Waals surface area contributed by atoms with E-state index in [1.165, 1.54) is 11.1 Å². The summed E-state index contributed by atoms with van der Waals surface area (Å²) in [4.78, 5) is 8.69. The number of nitrogens with zero attached hydrogens (tertiary/aromatic N) is 3. The molecule has 6 rings (SSSR count). The van der Waals surface area contributed by atoms with Crippen LogP contribution in [0.25, 0.3) is 16.4 Å². The van der Waals surface area contributed by atoms with Crippen LogP contribution in [0.15, 0.2) is 97.3 Å². The molecule has 0 bridgehead atoms. The topological polar surface area (TPSA) is 58.3 Å². The Kier molecular flexibility index (Phi) is 7.10. The molecule has 0 saturated carbocycles. The second-order valence-corrected chi connectivity index (χ2v) is 8.09. The summed E-state index contributed by atoms with van der Waals surface area (Å²) in [6, 6.07) is 33.7. The van der Waals surface area contributed by atoms with E-state index in [2.05, 4.69) is 46.4 Å². The van der Waals surface area contributed by atoms with Crippen molar-refractivity contribution in [2.75, 3.05) is 0 Å². The van der Waals surface area contributed by atoms with Gasteiger partial charge in [0.2, 0.25) is 5.88 Å². The van der Waals surface area contributed by atoms with Crippen LogP contribution >= 0.6 is 0 Å². The third-order valence-corrected chi connectivity index (χ3v) is 5.74. The van der Waals surface area contributed by atoms with Crippen LogP contribution in [0.1, 0.15) is 11.1 Å². The maximum absolute atomic E-state index is 6.09. The first-order valence-corrected chi connectivity index (χ1v) is 11.4. The van der Waals surface area contributed by atoms with Gasteiger partial charge in [0, 0.05) is 50.6 Å². The summed E-state index contributed by atoms with van der Waals surface area (Å²) in [5, 5.41) is 4.94. The Morgan fingerprint density at radius 2 is 1.36 bits per heavy atom. The number of para-hydroxylation sites is 1. The molecule has 5 aromatic rings. The summed E-state index contributed by atoms with van der Waals surface area (Å²) in [7, 11) is 0. The van der Waals surface area contributed by atoms with E-state index in [0.29, 0.717) is 23.1 Å². The number of aromatic nitrogens is 2. The van der Waals surface area contributed by atoms with Gasteiger partial charge in [-0.25, -0.2) is 4.98 Å². The molecule has 3 aromatic carbocycles. The van der Waals surface area contributed by atoms with Crippen molar-refractivity contribution < 1.29 is 30.5 Å². The molecule has 0 amide bonds. The smallest absolute Gasteiger partial charge is 0.216 e. The third kappa shape index (κ3) is 5.17. The zero-order valence-electron chi connectivity index (χ0n) is 19.1. The van der Waals surface area contributed by atoms with Crippen molar-refractivity contribution in [1.29, 1.82) is 0 Å². The van der Waals surface area contributed by atoms with Crippen LogP contribution in [0.2, 0.25) is 0 Å². The average molecular weight is 650 g/mol. The number of aryl methyl sites for hydroxylation is 2. The maximum Gasteiger partial charge on any atom is 0.216 e. The number of pyridine rings is 2. The van der Waals surface area contributed by atoms with Crippen molar-refractivity contribution in [2.45, 2.75) is 12.8 Å². The van der Waals surface area contributed by atoms with E-state index in [1.54, 1.807) is 18.5 Å². The summed E-state index contributed by atoms with van der Waals surface area (Å²) in [6.07, 6.45) is 5.31. The van der Waals surface area contributed by atoms with Crippen LogP contribution in [0.5, 0.6) is 23.1 Å². The normalized spacial score (nSPS) is 11.7. The molecule has 0 atom stereocenters. The molecule has 1 aliphatic heterocycles. The summed E-state index contributed by atoms with van der Waals surface area (Å²) in [6.45, 7) is 0. The van der Waals surface area contributed by atoms with Gasteiger partial charge >= 0.3 is 0 Å². The van der Waals surface area contributed by atoms with Gasteiger partial charge in [-0.05, 0) is 24.5 Å². The predicted octanol–water partition coefficient (Wildman–Crippen LogP) is 7.76. The molecule has 0 radical (unpaired) electrons. The Balaban J connectivity index is 0.00000267. The van der Waals surface area contributed by atoms with Gasteiger partial charge in [0.15, 0.2) is 0 Å². The molecule has 0 aliphatic carbocycles. The standard InChI is InChI=1S/C30H20N3O2.Pt/c1-2-17-31-28(14-1)35-26-12-5-11-25(20-26)34-24-10-3-8-23(19-24)27-13-4-7-21-15-16-22-9-6-18-32-30(22)33-29(21)27;/h1-14,17-18H,15-16H2;/q-3;. The number of hydrogen-bond donors (Lipinski definition) is 0. The average Bonchev–Trinajstić information content (AvgIpc) is 3.09. The van der Waals surface area contributed by atoms with Gasteiger partial charge in [0.25, 0.3) is 0 Å². The van der Waals surface area contributed by atoms with E-state index in [4.69, 9.17) is 14.8 Å². The van der Waals surface area contributed by atoms with Gasteiger partial charge in [0.1, 0.15) is 0 Å². The number of fused-ring (bicyclic) bond motifs is 2. The van der Waals surface area contributed by atoms with Gasteiger partial charge < -0.3 is 19.8 Å². The van der Waals surface area contributed by atoms with Gasteiger partial charge in [-0.1, -0.05) is 77.4 Å². The Morgan fingerprint density at radius 3 is 2.22 bits per heavy atom. The molecular formula is C30H20N3O2Pt-3. The molecule has 1 aliphatic rings. The number of rotatable bonds is 5. The Bertz CT molecular complexity index is 1490. The molecule has 0 spiro atoms. The summed E-state index contributed by atoms with van der Waals surface area (Å²) >= 11 is 0. The van der Waals surface area contributed by atoms with Crippen LogP contribution < -0.4 is 9.47 Å².